The molecule has 0 aliphatic heterocycles. The van der Waals surface area contributed by atoms with Gasteiger partial charge in [-0.2, -0.15) is 0 Å². The van der Waals surface area contributed by atoms with Crippen LogP contribution in [0, 0.1) is 11.6 Å². The largest absolute Gasteiger partial charge is 0.494 e. The minimum absolute atomic E-state index is 0.0542. The van der Waals surface area contributed by atoms with E-state index in [0.717, 1.165) is 27.4 Å². The van der Waals surface area contributed by atoms with Crippen molar-refractivity contribution in [3.8, 4) is 5.75 Å². The SMILES string of the molecule is CCOc1ccc(Br)cc1C(Br)Cc1ccc(F)c(F)c1. The Kier molecular flexibility index (Phi) is 5.76. The summed E-state index contributed by atoms with van der Waals surface area (Å²) in [6, 6.07) is 9.72. The molecule has 0 aromatic heterocycles. The number of benzene rings is 2. The first-order chi connectivity index (χ1) is 10.0. The van der Waals surface area contributed by atoms with Crippen LogP contribution in [0.15, 0.2) is 40.9 Å². The lowest BCUT2D eigenvalue weighted by atomic mass is 10.0. The quantitative estimate of drug-likeness (QED) is 0.556. The molecule has 112 valence electrons. The molecule has 0 saturated carbocycles. The van der Waals surface area contributed by atoms with Crippen molar-refractivity contribution in [2.45, 2.75) is 18.2 Å². The fourth-order valence-corrected chi connectivity index (χ4v) is 3.14. The molecule has 1 atom stereocenters. The zero-order valence-electron chi connectivity index (χ0n) is 11.4. The zero-order chi connectivity index (χ0) is 15.4. The Morgan fingerprint density at radius 2 is 1.86 bits per heavy atom. The van der Waals surface area contributed by atoms with Gasteiger partial charge in [-0.25, -0.2) is 8.78 Å². The van der Waals surface area contributed by atoms with Gasteiger partial charge in [0.25, 0.3) is 0 Å². The van der Waals surface area contributed by atoms with Gasteiger partial charge in [0.1, 0.15) is 5.75 Å². The third-order valence-electron chi connectivity index (χ3n) is 3.01. The third-order valence-corrected chi connectivity index (χ3v) is 4.32. The van der Waals surface area contributed by atoms with Gasteiger partial charge < -0.3 is 4.74 Å². The molecule has 0 spiro atoms. The van der Waals surface area contributed by atoms with Crippen molar-refractivity contribution in [3.05, 3.63) is 63.6 Å². The van der Waals surface area contributed by atoms with E-state index in [-0.39, 0.29) is 4.83 Å². The normalized spacial score (nSPS) is 12.2. The molecule has 21 heavy (non-hydrogen) atoms. The van der Waals surface area contributed by atoms with Gasteiger partial charge in [0.05, 0.1) is 6.61 Å². The standard InChI is InChI=1S/C16H14Br2F2O/c1-2-21-16-6-4-11(17)9-12(16)13(18)7-10-3-5-14(19)15(20)8-10/h3-6,8-9,13H,2,7H2,1H3. The van der Waals surface area contributed by atoms with Crippen LogP contribution >= 0.6 is 31.9 Å². The maximum absolute atomic E-state index is 13.3. The smallest absolute Gasteiger partial charge is 0.159 e. The molecule has 0 aliphatic carbocycles. The molecule has 0 heterocycles. The van der Waals surface area contributed by atoms with E-state index >= 15 is 0 Å². The molecule has 0 saturated heterocycles. The summed E-state index contributed by atoms with van der Waals surface area (Å²) in [5.74, 6) is -0.876. The Morgan fingerprint density at radius 3 is 2.52 bits per heavy atom. The van der Waals surface area contributed by atoms with Gasteiger partial charge >= 0.3 is 0 Å². The van der Waals surface area contributed by atoms with Crippen LogP contribution in [0.2, 0.25) is 0 Å². The summed E-state index contributed by atoms with van der Waals surface area (Å²) in [5, 5.41) is 0. The predicted molar refractivity (Wildman–Crippen MR) is 87.0 cm³/mol. The van der Waals surface area contributed by atoms with Crippen molar-refractivity contribution in [1.82, 2.24) is 0 Å². The van der Waals surface area contributed by atoms with Crippen molar-refractivity contribution >= 4 is 31.9 Å². The monoisotopic (exact) mass is 418 g/mol. The molecule has 0 aliphatic rings. The van der Waals surface area contributed by atoms with Crippen molar-refractivity contribution < 1.29 is 13.5 Å². The average Bonchev–Trinajstić information content (AvgIpc) is 2.45. The first kappa shape index (κ1) is 16.4. The van der Waals surface area contributed by atoms with Crippen LogP contribution in [0.4, 0.5) is 8.78 Å². The van der Waals surface area contributed by atoms with E-state index in [2.05, 4.69) is 31.9 Å². The van der Waals surface area contributed by atoms with Gasteiger partial charge in [-0.1, -0.05) is 37.9 Å². The first-order valence-electron chi connectivity index (χ1n) is 6.51. The minimum Gasteiger partial charge on any atom is -0.494 e. The molecular weight excluding hydrogens is 406 g/mol. The molecule has 2 rings (SSSR count). The van der Waals surface area contributed by atoms with Crippen molar-refractivity contribution in [2.24, 2.45) is 0 Å². The Morgan fingerprint density at radius 1 is 1.10 bits per heavy atom. The van der Waals surface area contributed by atoms with Crippen LogP contribution in [-0.4, -0.2) is 6.61 Å². The predicted octanol–water partition coefficient (Wildman–Crippen LogP) is 5.80. The molecule has 0 fully saturated rings. The highest BCUT2D eigenvalue weighted by atomic mass is 79.9. The molecule has 2 aromatic rings. The molecule has 2 aromatic carbocycles. The lowest BCUT2D eigenvalue weighted by Gasteiger charge is -2.16. The highest BCUT2D eigenvalue weighted by Gasteiger charge is 2.15. The summed E-state index contributed by atoms with van der Waals surface area (Å²) in [7, 11) is 0. The van der Waals surface area contributed by atoms with Gasteiger partial charge in [-0.3, -0.25) is 0 Å². The van der Waals surface area contributed by atoms with E-state index in [4.69, 9.17) is 4.74 Å². The Balaban J connectivity index is 2.24. The van der Waals surface area contributed by atoms with Crippen molar-refractivity contribution in [2.75, 3.05) is 6.61 Å². The molecular formula is C16H14Br2F2O. The zero-order valence-corrected chi connectivity index (χ0v) is 14.5. The first-order valence-corrected chi connectivity index (χ1v) is 8.22. The fraction of sp³-hybridized carbons (Fsp3) is 0.250. The summed E-state index contributed by atoms with van der Waals surface area (Å²) in [6.07, 6.45) is 0.535. The van der Waals surface area contributed by atoms with Gasteiger partial charge in [-0.15, -0.1) is 0 Å². The maximum atomic E-state index is 13.3. The number of alkyl halides is 1. The van der Waals surface area contributed by atoms with Crippen molar-refractivity contribution in [1.29, 1.82) is 0 Å². The van der Waals surface area contributed by atoms with E-state index in [1.165, 1.54) is 6.07 Å². The number of ether oxygens (including phenoxy) is 1. The Labute approximate surface area is 139 Å². The van der Waals surface area contributed by atoms with Gasteiger partial charge in [-0.05, 0) is 49.2 Å². The van der Waals surface area contributed by atoms with E-state index in [0.29, 0.717) is 13.0 Å². The van der Waals surface area contributed by atoms with E-state index < -0.39 is 11.6 Å². The summed E-state index contributed by atoms with van der Waals surface area (Å²) in [5.41, 5.74) is 1.69. The number of hydrogen-bond acceptors (Lipinski definition) is 1. The van der Waals surface area contributed by atoms with Crippen LogP contribution < -0.4 is 4.74 Å². The topological polar surface area (TPSA) is 9.23 Å². The second-order valence-electron chi connectivity index (χ2n) is 4.54. The van der Waals surface area contributed by atoms with Gasteiger partial charge in [0.2, 0.25) is 0 Å². The second kappa shape index (κ2) is 7.36. The van der Waals surface area contributed by atoms with Gasteiger partial charge in [0.15, 0.2) is 11.6 Å². The highest BCUT2D eigenvalue weighted by Crippen LogP contribution is 2.36. The molecule has 5 heteroatoms. The van der Waals surface area contributed by atoms with Crippen LogP contribution in [0.25, 0.3) is 0 Å². The molecule has 0 amide bonds. The van der Waals surface area contributed by atoms with E-state index in [1.807, 2.05) is 25.1 Å². The van der Waals surface area contributed by atoms with Crippen LogP contribution in [0.1, 0.15) is 22.9 Å². The summed E-state index contributed by atoms with van der Waals surface area (Å²) in [6.45, 7) is 2.49. The number of halogens is 4. The van der Waals surface area contributed by atoms with E-state index in [1.54, 1.807) is 6.07 Å². The molecule has 0 N–H and O–H groups in total. The molecule has 0 bridgehead atoms. The number of hydrogen-bond donors (Lipinski definition) is 0. The van der Waals surface area contributed by atoms with Crippen LogP contribution in [0.3, 0.4) is 0 Å². The summed E-state index contributed by atoms with van der Waals surface area (Å²) >= 11 is 7.04. The molecule has 1 unspecified atom stereocenters. The minimum atomic E-state index is -0.831. The number of rotatable bonds is 5. The highest BCUT2D eigenvalue weighted by molar-refractivity contribution is 9.10. The average molecular weight is 420 g/mol. The fourth-order valence-electron chi connectivity index (χ4n) is 2.03. The molecule has 1 nitrogen and oxygen atoms in total. The lowest BCUT2D eigenvalue weighted by molar-refractivity contribution is 0.336. The van der Waals surface area contributed by atoms with Crippen molar-refractivity contribution in [3.63, 3.8) is 0 Å². The molecule has 0 radical (unpaired) electrons. The Hall–Kier alpha value is -0.940. The second-order valence-corrected chi connectivity index (χ2v) is 6.56. The third kappa shape index (κ3) is 4.27. The maximum Gasteiger partial charge on any atom is 0.159 e. The van der Waals surface area contributed by atoms with E-state index in [9.17, 15) is 8.78 Å². The van der Waals surface area contributed by atoms with Gasteiger partial charge in [0, 0.05) is 14.9 Å². The van der Waals surface area contributed by atoms with Crippen LogP contribution in [-0.2, 0) is 6.42 Å². The Bertz CT molecular complexity index is 632. The summed E-state index contributed by atoms with van der Waals surface area (Å²) in [4.78, 5) is -0.0542. The van der Waals surface area contributed by atoms with Crippen LogP contribution in [0.5, 0.6) is 5.75 Å². The lowest BCUT2D eigenvalue weighted by Crippen LogP contribution is -2.02. The summed E-state index contributed by atoms with van der Waals surface area (Å²) < 4.78 is 32.8.